The Hall–Kier alpha value is -1.86. The van der Waals surface area contributed by atoms with Crippen LogP contribution in [-0.4, -0.2) is 51.6 Å². The molecular formula is C24H34N4O2S. The normalized spacial score (nSPS) is 20.6. The van der Waals surface area contributed by atoms with Gasteiger partial charge in [0.2, 0.25) is 17.6 Å². The van der Waals surface area contributed by atoms with E-state index in [0.29, 0.717) is 18.3 Å². The zero-order valence-corrected chi connectivity index (χ0v) is 19.3. The number of hydrogen-bond acceptors (Lipinski definition) is 6. The molecular weight excluding hydrogens is 408 g/mol. The molecule has 0 radical (unpaired) electrons. The maximum Gasteiger partial charge on any atom is 0.241 e. The maximum atomic E-state index is 12.7. The predicted octanol–water partition coefficient (Wildman–Crippen LogP) is 4.44. The Labute approximate surface area is 189 Å². The van der Waals surface area contributed by atoms with Gasteiger partial charge in [0.25, 0.3) is 0 Å². The lowest BCUT2D eigenvalue weighted by atomic mass is 9.97. The molecule has 1 atom stereocenters. The fourth-order valence-corrected chi connectivity index (χ4v) is 5.74. The third kappa shape index (κ3) is 6.56. The van der Waals surface area contributed by atoms with Crippen molar-refractivity contribution in [1.82, 2.24) is 20.4 Å². The van der Waals surface area contributed by atoms with Crippen molar-refractivity contribution in [3.8, 4) is 11.4 Å². The molecule has 6 nitrogen and oxygen atoms in total. The molecule has 1 saturated heterocycles. The first kappa shape index (κ1) is 22.3. The third-order valence-electron chi connectivity index (χ3n) is 6.32. The summed E-state index contributed by atoms with van der Waals surface area (Å²) < 4.78 is 5.48. The predicted molar refractivity (Wildman–Crippen MR) is 125 cm³/mol. The summed E-state index contributed by atoms with van der Waals surface area (Å²) in [6.45, 7) is 5.15. The highest BCUT2D eigenvalue weighted by Gasteiger charge is 2.27. The highest BCUT2D eigenvalue weighted by molar-refractivity contribution is 7.99. The number of rotatable bonds is 8. The van der Waals surface area contributed by atoms with Crippen molar-refractivity contribution in [1.29, 1.82) is 0 Å². The maximum absolute atomic E-state index is 12.7. The quantitative estimate of drug-likeness (QED) is 0.610. The molecule has 1 aliphatic heterocycles. The molecule has 1 aromatic carbocycles. The number of likely N-dealkylation sites (tertiary alicyclic amines) is 1. The first-order chi connectivity index (χ1) is 15.2. The Morgan fingerprint density at radius 1 is 1.16 bits per heavy atom. The van der Waals surface area contributed by atoms with Crippen molar-refractivity contribution < 1.29 is 9.32 Å². The number of amides is 1. The lowest BCUT2D eigenvalue weighted by Gasteiger charge is -2.31. The van der Waals surface area contributed by atoms with E-state index in [4.69, 9.17) is 4.52 Å². The average Bonchev–Trinajstić information content (AvgIpc) is 3.26. The van der Waals surface area contributed by atoms with Crippen LogP contribution >= 0.6 is 11.8 Å². The average molecular weight is 443 g/mol. The van der Waals surface area contributed by atoms with Gasteiger partial charge in [-0.2, -0.15) is 16.7 Å². The summed E-state index contributed by atoms with van der Waals surface area (Å²) in [5, 5.41) is 8.10. The second-order valence-electron chi connectivity index (χ2n) is 8.87. The number of hydrogen-bond donors (Lipinski definition) is 1. The molecule has 0 spiro atoms. The lowest BCUT2D eigenvalue weighted by Crippen LogP contribution is -2.43. The highest BCUT2D eigenvalue weighted by Crippen LogP contribution is 2.28. The number of nitrogens with zero attached hydrogens (tertiary/aromatic N) is 3. The summed E-state index contributed by atoms with van der Waals surface area (Å²) in [6, 6.07) is 8.12. The molecule has 2 heterocycles. The number of benzene rings is 1. The number of piperidine rings is 1. The second kappa shape index (κ2) is 11.1. The Kier molecular flexibility index (Phi) is 8.03. The molecule has 4 rings (SSSR count). The van der Waals surface area contributed by atoms with Crippen LogP contribution in [0.1, 0.15) is 56.4 Å². The van der Waals surface area contributed by atoms with E-state index in [9.17, 15) is 4.79 Å². The van der Waals surface area contributed by atoms with E-state index in [0.717, 1.165) is 49.0 Å². The monoisotopic (exact) mass is 442 g/mol. The van der Waals surface area contributed by atoms with Crippen LogP contribution in [-0.2, 0) is 11.3 Å². The van der Waals surface area contributed by atoms with E-state index >= 15 is 0 Å². The fourth-order valence-electron chi connectivity index (χ4n) is 4.52. The van der Waals surface area contributed by atoms with Gasteiger partial charge in [-0.25, -0.2) is 0 Å². The van der Waals surface area contributed by atoms with E-state index in [1.807, 2.05) is 36.0 Å². The lowest BCUT2D eigenvalue weighted by molar-refractivity contribution is -0.126. The van der Waals surface area contributed by atoms with Crippen LogP contribution in [0.2, 0.25) is 0 Å². The smallest absolute Gasteiger partial charge is 0.241 e. The standard InChI is InChI=1S/C24H34N4O2S/c1-18-9-11-19(12-10-18)23-26-22(30-27-23)17-28-14-5-6-20(16-28)24(29)25-13-15-31-21-7-3-2-4-8-21/h9-12,20-21H,2-8,13-17H2,1H3,(H,25,29). The van der Waals surface area contributed by atoms with Crippen molar-refractivity contribution in [3.63, 3.8) is 0 Å². The van der Waals surface area contributed by atoms with E-state index in [1.54, 1.807) is 0 Å². The highest BCUT2D eigenvalue weighted by atomic mass is 32.2. The van der Waals surface area contributed by atoms with Gasteiger partial charge < -0.3 is 9.84 Å². The molecule has 168 valence electrons. The number of aromatic nitrogens is 2. The van der Waals surface area contributed by atoms with Crippen LogP contribution in [0.25, 0.3) is 11.4 Å². The first-order valence-electron chi connectivity index (χ1n) is 11.7. The van der Waals surface area contributed by atoms with Gasteiger partial charge in [0.05, 0.1) is 12.5 Å². The number of aryl methyl sites for hydroxylation is 1. The number of thioether (sulfide) groups is 1. The minimum atomic E-state index is 0.0490. The van der Waals surface area contributed by atoms with Gasteiger partial charge in [-0.15, -0.1) is 0 Å². The Bertz CT molecular complexity index is 832. The van der Waals surface area contributed by atoms with Crippen molar-refractivity contribution in [2.24, 2.45) is 5.92 Å². The van der Waals surface area contributed by atoms with Gasteiger partial charge in [-0.05, 0) is 39.2 Å². The summed E-state index contributed by atoms with van der Waals surface area (Å²) >= 11 is 2.04. The van der Waals surface area contributed by atoms with Gasteiger partial charge in [0, 0.05) is 29.7 Å². The van der Waals surface area contributed by atoms with E-state index in [2.05, 4.69) is 27.3 Å². The molecule has 2 aromatic rings. The Morgan fingerprint density at radius 3 is 2.77 bits per heavy atom. The number of carbonyl (C=O) groups is 1. The fraction of sp³-hybridized carbons (Fsp3) is 0.625. The minimum absolute atomic E-state index is 0.0490. The Morgan fingerprint density at radius 2 is 1.97 bits per heavy atom. The molecule has 31 heavy (non-hydrogen) atoms. The molecule has 1 aliphatic carbocycles. The van der Waals surface area contributed by atoms with E-state index in [1.165, 1.54) is 37.7 Å². The molecule has 2 fully saturated rings. The second-order valence-corrected chi connectivity index (χ2v) is 10.3. The largest absolute Gasteiger partial charge is 0.355 e. The molecule has 1 N–H and O–H groups in total. The summed E-state index contributed by atoms with van der Waals surface area (Å²) in [6.07, 6.45) is 8.80. The van der Waals surface area contributed by atoms with E-state index < -0.39 is 0 Å². The van der Waals surface area contributed by atoms with Crippen molar-refractivity contribution in [3.05, 3.63) is 35.7 Å². The zero-order chi connectivity index (χ0) is 21.5. The summed E-state index contributed by atoms with van der Waals surface area (Å²) in [4.78, 5) is 19.5. The number of carbonyl (C=O) groups excluding carboxylic acids is 1. The Balaban J connectivity index is 1.21. The SMILES string of the molecule is Cc1ccc(-c2noc(CN3CCCC(C(=O)NCCSC4CCCCC4)C3)n2)cc1. The summed E-state index contributed by atoms with van der Waals surface area (Å²) in [7, 11) is 0. The molecule has 7 heteroatoms. The number of nitrogens with one attached hydrogen (secondary N) is 1. The molecule has 1 unspecified atom stereocenters. The summed E-state index contributed by atoms with van der Waals surface area (Å²) in [5.74, 6) is 2.50. The van der Waals surface area contributed by atoms with Crippen LogP contribution in [0, 0.1) is 12.8 Å². The van der Waals surface area contributed by atoms with Crippen LogP contribution < -0.4 is 5.32 Å². The van der Waals surface area contributed by atoms with Gasteiger partial charge in [0.1, 0.15) is 0 Å². The van der Waals surface area contributed by atoms with E-state index in [-0.39, 0.29) is 11.8 Å². The first-order valence-corrected chi connectivity index (χ1v) is 12.7. The minimum Gasteiger partial charge on any atom is -0.355 e. The van der Waals surface area contributed by atoms with Crippen molar-refractivity contribution >= 4 is 17.7 Å². The van der Waals surface area contributed by atoms with Gasteiger partial charge >= 0.3 is 0 Å². The van der Waals surface area contributed by atoms with Gasteiger partial charge in [-0.1, -0.05) is 54.2 Å². The summed E-state index contributed by atoms with van der Waals surface area (Å²) in [5.41, 5.74) is 2.17. The molecule has 2 aliphatic rings. The molecule has 0 bridgehead atoms. The van der Waals surface area contributed by atoms with Gasteiger partial charge in [-0.3, -0.25) is 9.69 Å². The molecule has 1 saturated carbocycles. The molecule has 1 aromatic heterocycles. The third-order valence-corrected chi connectivity index (χ3v) is 7.70. The van der Waals surface area contributed by atoms with Crippen LogP contribution in [0.4, 0.5) is 0 Å². The van der Waals surface area contributed by atoms with Gasteiger partial charge in [0.15, 0.2) is 0 Å². The van der Waals surface area contributed by atoms with Crippen LogP contribution in [0.15, 0.2) is 28.8 Å². The zero-order valence-electron chi connectivity index (χ0n) is 18.5. The van der Waals surface area contributed by atoms with Crippen LogP contribution in [0.5, 0.6) is 0 Å². The van der Waals surface area contributed by atoms with Crippen molar-refractivity contribution in [2.75, 3.05) is 25.4 Å². The molecule has 1 amide bonds. The topological polar surface area (TPSA) is 71.3 Å². The van der Waals surface area contributed by atoms with Crippen molar-refractivity contribution in [2.45, 2.75) is 63.7 Å². The van der Waals surface area contributed by atoms with Crippen LogP contribution in [0.3, 0.4) is 0 Å².